The summed E-state index contributed by atoms with van der Waals surface area (Å²) in [5, 5.41) is 0. The Balaban J connectivity index is 2.48. The van der Waals surface area contributed by atoms with Gasteiger partial charge in [0.2, 0.25) is 15.9 Å². The Labute approximate surface area is 115 Å². The Morgan fingerprint density at radius 2 is 1.89 bits per heavy atom. The first-order valence-corrected chi connectivity index (χ1v) is 8.46. The minimum absolute atomic E-state index is 0.000654. The fourth-order valence-electron chi connectivity index (χ4n) is 1.99. The summed E-state index contributed by atoms with van der Waals surface area (Å²) in [5.41, 5.74) is 0. The third kappa shape index (κ3) is 5.88. The Morgan fingerprint density at radius 1 is 1.32 bits per heavy atom. The van der Waals surface area contributed by atoms with Gasteiger partial charge in [-0.3, -0.25) is 4.79 Å². The molecule has 1 heterocycles. The van der Waals surface area contributed by atoms with Gasteiger partial charge < -0.3 is 9.64 Å². The van der Waals surface area contributed by atoms with Crippen molar-refractivity contribution in [2.45, 2.75) is 20.3 Å². The highest BCUT2D eigenvalue weighted by Crippen LogP contribution is 2.07. The molecule has 0 spiro atoms. The molecule has 7 heteroatoms. The minimum Gasteiger partial charge on any atom is -0.378 e. The van der Waals surface area contributed by atoms with Gasteiger partial charge in [-0.05, 0) is 5.92 Å². The summed E-state index contributed by atoms with van der Waals surface area (Å²) in [6.07, 6.45) is 1.42. The summed E-state index contributed by atoms with van der Waals surface area (Å²) in [7, 11) is -3.25. The molecule has 1 aliphatic rings. The van der Waals surface area contributed by atoms with Gasteiger partial charge in [0.05, 0.1) is 19.5 Å². The summed E-state index contributed by atoms with van der Waals surface area (Å²) < 4.78 is 29.8. The van der Waals surface area contributed by atoms with E-state index in [4.69, 9.17) is 4.74 Å². The molecule has 1 amide bonds. The third-order valence-corrected chi connectivity index (χ3v) is 4.25. The van der Waals surface area contributed by atoms with E-state index in [-0.39, 0.29) is 24.8 Å². The van der Waals surface area contributed by atoms with E-state index in [0.717, 1.165) is 0 Å². The zero-order chi connectivity index (χ0) is 14.5. The van der Waals surface area contributed by atoms with Gasteiger partial charge in [-0.2, -0.15) is 0 Å². The van der Waals surface area contributed by atoms with Crippen LogP contribution in [0.3, 0.4) is 0 Å². The Morgan fingerprint density at radius 3 is 2.37 bits per heavy atom. The van der Waals surface area contributed by atoms with Crippen LogP contribution in [0.2, 0.25) is 0 Å². The van der Waals surface area contributed by atoms with Gasteiger partial charge >= 0.3 is 0 Å². The molecule has 0 aromatic carbocycles. The van der Waals surface area contributed by atoms with Crippen LogP contribution in [0.5, 0.6) is 0 Å². The summed E-state index contributed by atoms with van der Waals surface area (Å²) in [5.74, 6) is 0.244. The summed E-state index contributed by atoms with van der Waals surface area (Å²) in [4.78, 5) is 13.7. The Kier molecular flexibility index (Phi) is 6.22. The van der Waals surface area contributed by atoms with Crippen molar-refractivity contribution in [1.82, 2.24) is 9.21 Å². The Bertz CT molecular complexity index is 389. The summed E-state index contributed by atoms with van der Waals surface area (Å²) in [6, 6.07) is 0. The number of carbonyl (C=O) groups is 1. The van der Waals surface area contributed by atoms with Gasteiger partial charge in [0.1, 0.15) is 0 Å². The highest BCUT2D eigenvalue weighted by atomic mass is 32.2. The maximum absolute atomic E-state index is 12.0. The number of amides is 1. The number of ether oxygens (including phenoxy) is 1. The van der Waals surface area contributed by atoms with Crippen LogP contribution >= 0.6 is 0 Å². The second-order valence-corrected chi connectivity index (χ2v) is 7.24. The fourth-order valence-corrected chi connectivity index (χ4v) is 2.98. The predicted molar refractivity (Wildman–Crippen MR) is 73.3 cm³/mol. The van der Waals surface area contributed by atoms with Gasteiger partial charge in [-0.1, -0.05) is 13.8 Å². The smallest absolute Gasteiger partial charge is 0.224 e. The third-order valence-electron chi connectivity index (χ3n) is 2.98. The van der Waals surface area contributed by atoms with Gasteiger partial charge in [-0.15, -0.1) is 0 Å². The van der Waals surface area contributed by atoms with E-state index in [2.05, 4.69) is 0 Å². The maximum Gasteiger partial charge on any atom is 0.224 e. The second-order valence-electron chi connectivity index (χ2n) is 5.26. The number of hydrogen-bond acceptors (Lipinski definition) is 4. The normalized spacial score (nSPS) is 17.2. The van der Waals surface area contributed by atoms with E-state index in [1.165, 1.54) is 10.6 Å². The van der Waals surface area contributed by atoms with Crippen LogP contribution in [0.25, 0.3) is 0 Å². The first-order chi connectivity index (χ1) is 8.80. The predicted octanol–water partition coefficient (Wildman–Crippen LogP) is 0.153. The lowest BCUT2D eigenvalue weighted by Gasteiger charge is -2.28. The highest BCUT2D eigenvalue weighted by molar-refractivity contribution is 7.88. The molecule has 1 rings (SSSR count). The van der Waals surface area contributed by atoms with Crippen molar-refractivity contribution in [3.05, 3.63) is 0 Å². The number of morpholine rings is 1. The van der Waals surface area contributed by atoms with Crippen LogP contribution in [0, 0.1) is 5.92 Å². The molecular formula is C12H24N2O4S. The number of sulfonamides is 1. The Hall–Kier alpha value is -0.660. The van der Waals surface area contributed by atoms with E-state index in [1.54, 1.807) is 4.90 Å². The van der Waals surface area contributed by atoms with E-state index in [1.807, 2.05) is 13.8 Å². The molecule has 1 saturated heterocycles. The zero-order valence-corrected chi connectivity index (χ0v) is 12.8. The summed E-state index contributed by atoms with van der Waals surface area (Å²) >= 11 is 0. The molecule has 1 aliphatic heterocycles. The van der Waals surface area contributed by atoms with Crippen LogP contribution in [-0.4, -0.2) is 69.2 Å². The zero-order valence-electron chi connectivity index (χ0n) is 12.0. The van der Waals surface area contributed by atoms with Gasteiger partial charge in [0.15, 0.2) is 0 Å². The molecule has 0 saturated carbocycles. The van der Waals surface area contributed by atoms with Crippen molar-refractivity contribution >= 4 is 15.9 Å². The highest BCUT2D eigenvalue weighted by Gasteiger charge is 2.22. The quantitative estimate of drug-likeness (QED) is 0.699. The molecule has 1 fully saturated rings. The molecule has 0 N–H and O–H groups in total. The average Bonchev–Trinajstić information content (AvgIpc) is 2.33. The van der Waals surface area contributed by atoms with Crippen molar-refractivity contribution in [3.8, 4) is 0 Å². The fraction of sp³-hybridized carbons (Fsp3) is 0.917. The van der Waals surface area contributed by atoms with Crippen LogP contribution in [0.1, 0.15) is 20.3 Å². The van der Waals surface area contributed by atoms with Crippen LogP contribution in [-0.2, 0) is 19.6 Å². The number of hydrogen-bond donors (Lipinski definition) is 0. The van der Waals surface area contributed by atoms with Crippen molar-refractivity contribution in [2.75, 3.05) is 45.6 Å². The molecular weight excluding hydrogens is 268 g/mol. The molecule has 0 unspecified atom stereocenters. The minimum atomic E-state index is -3.25. The first-order valence-electron chi connectivity index (χ1n) is 6.61. The number of carbonyl (C=O) groups excluding carboxylic acids is 1. The van der Waals surface area contributed by atoms with E-state index in [9.17, 15) is 13.2 Å². The SMILES string of the molecule is CC(C)CN(CCC(=O)N1CCOCC1)S(C)(=O)=O. The average molecular weight is 292 g/mol. The van der Waals surface area contributed by atoms with Gasteiger partial charge in [0, 0.05) is 32.6 Å². The molecule has 0 aliphatic carbocycles. The lowest BCUT2D eigenvalue weighted by atomic mass is 10.2. The number of nitrogens with zero attached hydrogens (tertiary/aromatic N) is 2. The van der Waals surface area contributed by atoms with Crippen LogP contribution < -0.4 is 0 Å². The lowest BCUT2D eigenvalue weighted by molar-refractivity contribution is -0.135. The summed E-state index contributed by atoms with van der Waals surface area (Å²) in [6.45, 7) is 6.96. The topological polar surface area (TPSA) is 66.9 Å². The van der Waals surface area contributed by atoms with E-state index < -0.39 is 10.0 Å². The lowest BCUT2D eigenvalue weighted by Crippen LogP contribution is -2.43. The molecule has 0 atom stereocenters. The molecule has 0 aromatic rings. The maximum atomic E-state index is 12.0. The molecule has 0 aromatic heterocycles. The second kappa shape index (κ2) is 7.21. The van der Waals surface area contributed by atoms with Crippen molar-refractivity contribution in [3.63, 3.8) is 0 Å². The molecule has 19 heavy (non-hydrogen) atoms. The van der Waals surface area contributed by atoms with Crippen molar-refractivity contribution in [2.24, 2.45) is 5.92 Å². The van der Waals surface area contributed by atoms with E-state index >= 15 is 0 Å². The van der Waals surface area contributed by atoms with Gasteiger partial charge in [0.25, 0.3) is 0 Å². The van der Waals surface area contributed by atoms with Crippen LogP contribution in [0.4, 0.5) is 0 Å². The monoisotopic (exact) mass is 292 g/mol. The molecule has 112 valence electrons. The van der Waals surface area contributed by atoms with Crippen molar-refractivity contribution < 1.29 is 17.9 Å². The standard InChI is InChI=1S/C12H24N2O4S/c1-11(2)10-14(19(3,16)17)5-4-12(15)13-6-8-18-9-7-13/h11H,4-10H2,1-3H3. The molecule has 6 nitrogen and oxygen atoms in total. The molecule has 0 radical (unpaired) electrons. The van der Waals surface area contributed by atoms with Crippen LogP contribution in [0.15, 0.2) is 0 Å². The van der Waals surface area contributed by atoms with E-state index in [0.29, 0.717) is 32.8 Å². The molecule has 0 bridgehead atoms. The van der Waals surface area contributed by atoms with Gasteiger partial charge in [-0.25, -0.2) is 12.7 Å². The largest absolute Gasteiger partial charge is 0.378 e. The van der Waals surface area contributed by atoms with Crippen molar-refractivity contribution in [1.29, 1.82) is 0 Å². The number of rotatable bonds is 6. The first kappa shape index (κ1) is 16.4.